The fraction of sp³-hybridized carbons (Fsp3) is 0.231. The molecular formula is C13H14BrNOS. The molecule has 0 aliphatic rings. The van der Waals surface area contributed by atoms with Crippen LogP contribution in [0.5, 0.6) is 5.75 Å². The second-order valence-electron chi connectivity index (χ2n) is 3.91. The van der Waals surface area contributed by atoms with Gasteiger partial charge in [-0.2, -0.15) is 11.3 Å². The molecule has 0 aliphatic carbocycles. The summed E-state index contributed by atoms with van der Waals surface area (Å²) in [4.78, 5) is 0. The lowest BCUT2D eigenvalue weighted by atomic mass is 10.1. The van der Waals surface area contributed by atoms with E-state index in [9.17, 15) is 5.11 Å². The van der Waals surface area contributed by atoms with Crippen molar-refractivity contribution in [3.8, 4) is 5.75 Å². The van der Waals surface area contributed by atoms with E-state index in [2.05, 4.69) is 45.0 Å². The summed E-state index contributed by atoms with van der Waals surface area (Å²) in [5, 5.41) is 17.5. The van der Waals surface area contributed by atoms with Gasteiger partial charge in [0.2, 0.25) is 0 Å². The molecule has 0 radical (unpaired) electrons. The molecule has 0 aliphatic heterocycles. The third kappa shape index (κ3) is 3.09. The van der Waals surface area contributed by atoms with Crippen LogP contribution in [-0.2, 0) is 6.54 Å². The van der Waals surface area contributed by atoms with Crippen LogP contribution in [0.2, 0.25) is 0 Å². The third-order valence-corrected chi connectivity index (χ3v) is 4.05. The van der Waals surface area contributed by atoms with Crippen molar-refractivity contribution in [3.63, 3.8) is 0 Å². The first-order valence-corrected chi connectivity index (χ1v) is 7.14. The minimum Gasteiger partial charge on any atom is -0.506 e. The van der Waals surface area contributed by atoms with E-state index in [4.69, 9.17) is 0 Å². The van der Waals surface area contributed by atoms with Crippen LogP contribution in [-0.4, -0.2) is 5.11 Å². The van der Waals surface area contributed by atoms with Gasteiger partial charge in [0.25, 0.3) is 0 Å². The van der Waals surface area contributed by atoms with Gasteiger partial charge in [0.1, 0.15) is 5.75 Å². The second kappa shape index (κ2) is 5.67. The standard InChI is InChI=1S/C13H14BrNOS/c1-9(11-5-6-17-8-11)15-7-10-3-2-4-12(14)13(10)16/h2-6,8-9,15-16H,7H2,1H3. The third-order valence-electron chi connectivity index (χ3n) is 2.71. The molecule has 2 rings (SSSR count). The largest absolute Gasteiger partial charge is 0.506 e. The first-order valence-electron chi connectivity index (χ1n) is 5.40. The SMILES string of the molecule is CC(NCc1cccc(Br)c1O)c1ccsc1. The molecule has 1 aromatic carbocycles. The molecule has 2 nitrogen and oxygen atoms in total. The van der Waals surface area contributed by atoms with Crippen molar-refractivity contribution in [1.82, 2.24) is 5.32 Å². The van der Waals surface area contributed by atoms with E-state index in [-0.39, 0.29) is 0 Å². The number of halogens is 1. The molecule has 0 fully saturated rings. The van der Waals surface area contributed by atoms with E-state index >= 15 is 0 Å². The van der Waals surface area contributed by atoms with Crippen molar-refractivity contribution in [2.45, 2.75) is 19.5 Å². The highest BCUT2D eigenvalue weighted by Gasteiger charge is 2.08. The molecule has 1 unspecified atom stereocenters. The average molecular weight is 312 g/mol. The van der Waals surface area contributed by atoms with Crippen molar-refractivity contribution in [2.75, 3.05) is 0 Å². The molecule has 4 heteroatoms. The Labute approximate surface area is 113 Å². The lowest BCUT2D eigenvalue weighted by molar-refractivity contribution is 0.457. The Morgan fingerprint density at radius 2 is 2.24 bits per heavy atom. The summed E-state index contributed by atoms with van der Waals surface area (Å²) in [5.74, 6) is 0.317. The maximum Gasteiger partial charge on any atom is 0.134 e. The molecule has 90 valence electrons. The van der Waals surface area contributed by atoms with Crippen molar-refractivity contribution >= 4 is 27.3 Å². The van der Waals surface area contributed by atoms with E-state index < -0.39 is 0 Å². The molecule has 2 aromatic rings. The van der Waals surface area contributed by atoms with Gasteiger partial charge in [-0.05, 0) is 51.3 Å². The summed E-state index contributed by atoms with van der Waals surface area (Å²) < 4.78 is 0.736. The Bertz CT molecular complexity index is 484. The molecular weight excluding hydrogens is 298 g/mol. The normalized spacial score (nSPS) is 12.6. The number of thiophene rings is 1. The van der Waals surface area contributed by atoms with Crippen LogP contribution in [0.4, 0.5) is 0 Å². The predicted octanol–water partition coefficient (Wildman–Crippen LogP) is 4.07. The predicted molar refractivity (Wildman–Crippen MR) is 75.4 cm³/mol. The molecule has 2 N–H and O–H groups in total. The van der Waals surface area contributed by atoms with E-state index in [0.29, 0.717) is 18.3 Å². The number of benzene rings is 1. The van der Waals surface area contributed by atoms with Crippen molar-refractivity contribution in [3.05, 3.63) is 50.6 Å². The number of nitrogens with one attached hydrogen (secondary N) is 1. The molecule has 1 aromatic heterocycles. The second-order valence-corrected chi connectivity index (χ2v) is 5.54. The van der Waals surface area contributed by atoms with Gasteiger partial charge in [0.05, 0.1) is 4.47 Å². The molecule has 0 saturated heterocycles. The number of phenolic OH excluding ortho intramolecular Hbond substituents is 1. The molecule has 0 spiro atoms. The Balaban J connectivity index is 2.00. The molecule has 0 amide bonds. The van der Waals surface area contributed by atoms with Gasteiger partial charge in [-0.25, -0.2) is 0 Å². The highest BCUT2D eigenvalue weighted by molar-refractivity contribution is 9.10. The smallest absolute Gasteiger partial charge is 0.134 e. The van der Waals surface area contributed by atoms with Crippen LogP contribution in [0.1, 0.15) is 24.1 Å². The summed E-state index contributed by atoms with van der Waals surface area (Å²) in [6, 6.07) is 8.09. The van der Waals surface area contributed by atoms with E-state index in [1.54, 1.807) is 11.3 Å². The number of aromatic hydroxyl groups is 1. The molecule has 1 heterocycles. The van der Waals surface area contributed by atoms with Gasteiger partial charge in [0, 0.05) is 18.2 Å². The monoisotopic (exact) mass is 311 g/mol. The van der Waals surface area contributed by atoms with Crippen molar-refractivity contribution in [2.24, 2.45) is 0 Å². The zero-order valence-electron chi connectivity index (χ0n) is 9.48. The van der Waals surface area contributed by atoms with Crippen LogP contribution in [0.15, 0.2) is 39.5 Å². The average Bonchev–Trinajstić information content (AvgIpc) is 2.84. The number of phenols is 1. The van der Waals surface area contributed by atoms with Gasteiger partial charge in [-0.1, -0.05) is 12.1 Å². The maximum absolute atomic E-state index is 9.86. The first kappa shape index (κ1) is 12.6. The van der Waals surface area contributed by atoms with Crippen LogP contribution >= 0.6 is 27.3 Å². The van der Waals surface area contributed by atoms with E-state index in [1.807, 2.05) is 18.2 Å². The fourth-order valence-electron chi connectivity index (χ4n) is 1.60. The molecule has 0 bridgehead atoms. The molecule has 1 atom stereocenters. The zero-order chi connectivity index (χ0) is 12.3. The van der Waals surface area contributed by atoms with E-state index in [0.717, 1.165) is 10.0 Å². The van der Waals surface area contributed by atoms with E-state index in [1.165, 1.54) is 5.56 Å². The van der Waals surface area contributed by atoms with Gasteiger partial charge in [-0.15, -0.1) is 0 Å². The summed E-state index contributed by atoms with van der Waals surface area (Å²) in [7, 11) is 0. The van der Waals surface area contributed by atoms with Gasteiger partial charge in [0.15, 0.2) is 0 Å². The van der Waals surface area contributed by atoms with Crippen LogP contribution in [0.3, 0.4) is 0 Å². The Morgan fingerprint density at radius 3 is 2.94 bits per heavy atom. The number of hydrogen-bond acceptors (Lipinski definition) is 3. The van der Waals surface area contributed by atoms with Crippen LogP contribution in [0.25, 0.3) is 0 Å². The summed E-state index contributed by atoms with van der Waals surface area (Å²) in [6.07, 6.45) is 0. The fourth-order valence-corrected chi connectivity index (χ4v) is 2.77. The van der Waals surface area contributed by atoms with Gasteiger partial charge in [-0.3, -0.25) is 0 Å². The summed E-state index contributed by atoms with van der Waals surface area (Å²) >= 11 is 5.01. The maximum atomic E-state index is 9.86. The first-order chi connectivity index (χ1) is 8.18. The summed E-state index contributed by atoms with van der Waals surface area (Å²) in [6.45, 7) is 2.78. The highest BCUT2D eigenvalue weighted by atomic mass is 79.9. The Morgan fingerprint density at radius 1 is 1.41 bits per heavy atom. The lowest BCUT2D eigenvalue weighted by Gasteiger charge is -2.13. The van der Waals surface area contributed by atoms with Gasteiger partial charge >= 0.3 is 0 Å². The minimum atomic E-state index is 0.291. The quantitative estimate of drug-likeness (QED) is 0.892. The Kier molecular flexibility index (Phi) is 4.20. The Hall–Kier alpha value is -0.840. The van der Waals surface area contributed by atoms with Crippen LogP contribution < -0.4 is 5.32 Å². The number of para-hydroxylation sites is 1. The summed E-state index contributed by atoms with van der Waals surface area (Å²) in [5.41, 5.74) is 2.19. The highest BCUT2D eigenvalue weighted by Crippen LogP contribution is 2.27. The lowest BCUT2D eigenvalue weighted by Crippen LogP contribution is -2.17. The number of hydrogen-bond donors (Lipinski definition) is 2. The minimum absolute atomic E-state index is 0.291. The zero-order valence-corrected chi connectivity index (χ0v) is 11.9. The topological polar surface area (TPSA) is 32.3 Å². The number of rotatable bonds is 4. The molecule has 0 saturated carbocycles. The van der Waals surface area contributed by atoms with Crippen LogP contribution in [0, 0.1) is 0 Å². The van der Waals surface area contributed by atoms with Gasteiger partial charge < -0.3 is 10.4 Å². The molecule has 17 heavy (non-hydrogen) atoms. The van der Waals surface area contributed by atoms with Crippen molar-refractivity contribution < 1.29 is 5.11 Å². The van der Waals surface area contributed by atoms with Crippen molar-refractivity contribution in [1.29, 1.82) is 0 Å².